The zero-order valence-corrected chi connectivity index (χ0v) is 18.5. The standard InChI is InChI=1S/C19H20F4N6O3S/c1-10-6-11(4-5-14(10)33(24,31)32)26-17-25-7-13(19(21,22)23)15(27-17)12-8-29(28-16(12)20)9-18(2,3)30/h4-8,30H,9H2,1-3H3,(H2,24,31,32)(H,25,26,27). The molecular formula is C19H20F4N6O3S. The van der Waals surface area contributed by atoms with Crippen molar-refractivity contribution in [2.24, 2.45) is 5.14 Å². The first-order valence-electron chi connectivity index (χ1n) is 9.35. The monoisotopic (exact) mass is 488 g/mol. The fourth-order valence-corrected chi connectivity index (χ4v) is 3.83. The fraction of sp³-hybridized carbons (Fsp3) is 0.316. The maximum absolute atomic E-state index is 14.5. The summed E-state index contributed by atoms with van der Waals surface area (Å²) in [4.78, 5) is 7.36. The van der Waals surface area contributed by atoms with Crippen molar-refractivity contribution in [1.82, 2.24) is 19.7 Å². The number of aliphatic hydroxyl groups is 1. The summed E-state index contributed by atoms with van der Waals surface area (Å²) in [5.41, 5.74) is -3.30. The summed E-state index contributed by atoms with van der Waals surface area (Å²) in [6.45, 7) is 4.18. The van der Waals surface area contributed by atoms with Crippen molar-refractivity contribution in [2.45, 2.75) is 44.0 Å². The summed E-state index contributed by atoms with van der Waals surface area (Å²) in [5.74, 6) is -1.50. The Hall–Kier alpha value is -3.10. The van der Waals surface area contributed by atoms with Gasteiger partial charge in [-0.1, -0.05) is 0 Å². The molecule has 1 aromatic carbocycles. The van der Waals surface area contributed by atoms with Crippen LogP contribution in [0.15, 0.2) is 35.5 Å². The SMILES string of the molecule is Cc1cc(Nc2ncc(C(F)(F)F)c(-c3cn(CC(C)(C)O)nc3F)n2)ccc1S(N)(=O)=O. The summed E-state index contributed by atoms with van der Waals surface area (Å²) in [7, 11) is -3.96. The fourth-order valence-electron chi connectivity index (χ4n) is 3.06. The van der Waals surface area contributed by atoms with Gasteiger partial charge in [0.05, 0.1) is 28.3 Å². The molecular weight excluding hydrogens is 468 g/mol. The van der Waals surface area contributed by atoms with E-state index in [1.54, 1.807) is 0 Å². The Bertz CT molecular complexity index is 1300. The van der Waals surface area contributed by atoms with Crippen molar-refractivity contribution in [1.29, 1.82) is 0 Å². The lowest BCUT2D eigenvalue weighted by atomic mass is 10.1. The Morgan fingerprint density at radius 2 is 1.91 bits per heavy atom. The number of alkyl halides is 3. The first-order chi connectivity index (χ1) is 15.0. The third kappa shape index (κ3) is 5.83. The first-order valence-corrected chi connectivity index (χ1v) is 10.9. The summed E-state index contributed by atoms with van der Waals surface area (Å²) < 4.78 is 79.2. The highest BCUT2D eigenvalue weighted by molar-refractivity contribution is 7.89. The van der Waals surface area contributed by atoms with Crippen LogP contribution in [0.5, 0.6) is 0 Å². The molecule has 2 aromatic heterocycles. The molecule has 0 atom stereocenters. The van der Waals surface area contributed by atoms with E-state index in [-0.39, 0.29) is 28.6 Å². The number of benzene rings is 1. The molecule has 3 aromatic rings. The van der Waals surface area contributed by atoms with E-state index in [9.17, 15) is 31.1 Å². The number of hydrogen-bond acceptors (Lipinski definition) is 7. The number of anilines is 2. The minimum Gasteiger partial charge on any atom is -0.389 e. The summed E-state index contributed by atoms with van der Waals surface area (Å²) in [6.07, 6.45) is -3.37. The predicted octanol–water partition coefficient (Wildman–Crippen LogP) is 2.97. The molecule has 0 radical (unpaired) electrons. The molecule has 2 heterocycles. The topological polar surface area (TPSA) is 136 Å². The Kier molecular flexibility index (Phi) is 6.21. The van der Waals surface area contributed by atoms with E-state index in [1.165, 1.54) is 39.0 Å². The van der Waals surface area contributed by atoms with Crippen LogP contribution in [0.3, 0.4) is 0 Å². The molecule has 0 unspecified atom stereocenters. The van der Waals surface area contributed by atoms with Gasteiger partial charge in [-0.25, -0.2) is 23.5 Å². The van der Waals surface area contributed by atoms with Gasteiger partial charge in [0.15, 0.2) is 0 Å². The molecule has 4 N–H and O–H groups in total. The van der Waals surface area contributed by atoms with Gasteiger partial charge in [0.25, 0.3) is 0 Å². The highest BCUT2D eigenvalue weighted by Gasteiger charge is 2.37. The second kappa shape index (κ2) is 8.35. The van der Waals surface area contributed by atoms with Gasteiger partial charge in [-0.05, 0) is 44.5 Å². The van der Waals surface area contributed by atoms with Crippen molar-refractivity contribution in [3.8, 4) is 11.3 Å². The molecule has 33 heavy (non-hydrogen) atoms. The van der Waals surface area contributed by atoms with Gasteiger partial charge >= 0.3 is 6.18 Å². The van der Waals surface area contributed by atoms with E-state index >= 15 is 0 Å². The third-order valence-electron chi connectivity index (χ3n) is 4.35. The molecule has 0 aliphatic carbocycles. The van der Waals surface area contributed by atoms with E-state index in [4.69, 9.17) is 5.14 Å². The third-order valence-corrected chi connectivity index (χ3v) is 5.42. The highest BCUT2D eigenvalue weighted by Crippen LogP contribution is 2.37. The molecule has 0 aliphatic rings. The van der Waals surface area contributed by atoms with E-state index in [1.807, 2.05) is 0 Å². The summed E-state index contributed by atoms with van der Waals surface area (Å²) in [6, 6.07) is 3.94. The number of primary sulfonamides is 1. The van der Waals surface area contributed by atoms with Crippen LogP contribution in [0.1, 0.15) is 25.0 Å². The van der Waals surface area contributed by atoms with Crippen molar-refractivity contribution in [2.75, 3.05) is 5.32 Å². The minimum atomic E-state index is -4.88. The van der Waals surface area contributed by atoms with Gasteiger partial charge < -0.3 is 10.4 Å². The number of halogens is 4. The van der Waals surface area contributed by atoms with Crippen LogP contribution >= 0.6 is 0 Å². The lowest BCUT2D eigenvalue weighted by molar-refractivity contribution is -0.137. The molecule has 0 saturated carbocycles. The van der Waals surface area contributed by atoms with Crippen molar-refractivity contribution < 1.29 is 31.1 Å². The Balaban J connectivity index is 2.04. The average molecular weight is 488 g/mol. The van der Waals surface area contributed by atoms with Gasteiger partial charge in [0.2, 0.25) is 21.9 Å². The molecule has 178 valence electrons. The van der Waals surface area contributed by atoms with Gasteiger partial charge in [-0.15, -0.1) is 5.10 Å². The number of nitrogens with two attached hydrogens (primary N) is 1. The van der Waals surface area contributed by atoms with Gasteiger partial charge in [0.1, 0.15) is 5.56 Å². The van der Waals surface area contributed by atoms with Crippen LogP contribution in [0, 0.1) is 12.9 Å². The number of aryl methyl sites for hydroxylation is 1. The summed E-state index contributed by atoms with van der Waals surface area (Å²) in [5, 5.41) is 21.2. The number of nitrogens with zero attached hydrogens (tertiary/aromatic N) is 4. The van der Waals surface area contributed by atoms with Crippen molar-refractivity contribution in [3.05, 3.63) is 47.7 Å². The molecule has 0 fully saturated rings. The molecule has 3 rings (SSSR count). The van der Waals surface area contributed by atoms with Crippen molar-refractivity contribution in [3.63, 3.8) is 0 Å². The maximum atomic E-state index is 14.5. The number of hydrogen-bond donors (Lipinski definition) is 3. The number of rotatable bonds is 6. The quantitative estimate of drug-likeness (QED) is 0.454. The van der Waals surface area contributed by atoms with E-state index in [2.05, 4.69) is 20.4 Å². The zero-order chi connectivity index (χ0) is 24.8. The van der Waals surface area contributed by atoms with Gasteiger partial charge in [-0.3, -0.25) is 4.68 Å². The molecule has 9 nitrogen and oxygen atoms in total. The predicted molar refractivity (Wildman–Crippen MR) is 110 cm³/mol. The largest absolute Gasteiger partial charge is 0.420 e. The normalized spacial score (nSPS) is 12.8. The second-order valence-corrected chi connectivity index (χ2v) is 9.48. The van der Waals surface area contributed by atoms with E-state index in [0.717, 1.165) is 10.9 Å². The average Bonchev–Trinajstić information content (AvgIpc) is 2.97. The van der Waals surface area contributed by atoms with Crippen LogP contribution in [0.4, 0.5) is 29.2 Å². The Labute approximate surface area is 186 Å². The van der Waals surface area contributed by atoms with Crippen LogP contribution in [-0.2, 0) is 22.7 Å². The number of aromatic nitrogens is 4. The van der Waals surface area contributed by atoms with Crippen LogP contribution in [-0.4, -0.2) is 38.9 Å². The maximum Gasteiger partial charge on any atom is 0.420 e. The Morgan fingerprint density at radius 1 is 1.24 bits per heavy atom. The van der Waals surface area contributed by atoms with Crippen molar-refractivity contribution >= 4 is 21.7 Å². The smallest absolute Gasteiger partial charge is 0.389 e. The minimum absolute atomic E-state index is 0.122. The first kappa shape index (κ1) is 24.5. The molecule has 0 saturated heterocycles. The van der Waals surface area contributed by atoms with Gasteiger partial charge in [0, 0.05) is 18.1 Å². The molecule has 0 amide bonds. The highest BCUT2D eigenvalue weighted by atomic mass is 32.2. The van der Waals surface area contributed by atoms with Crippen LogP contribution in [0.2, 0.25) is 0 Å². The number of sulfonamides is 1. The molecule has 0 aliphatic heterocycles. The zero-order valence-electron chi connectivity index (χ0n) is 17.6. The Morgan fingerprint density at radius 3 is 2.45 bits per heavy atom. The molecule has 14 heteroatoms. The lowest BCUT2D eigenvalue weighted by Crippen LogP contribution is -2.26. The van der Waals surface area contributed by atoms with E-state index in [0.29, 0.717) is 6.20 Å². The summed E-state index contributed by atoms with van der Waals surface area (Å²) >= 11 is 0. The second-order valence-electron chi connectivity index (χ2n) is 7.95. The van der Waals surface area contributed by atoms with E-state index < -0.39 is 44.6 Å². The van der Waals surface area contributed by atoms with Gasteiger partial charge in [-0.2, -0.15) is 17.6 Å². The van der Waals surface area contributed by atoms with Crippen LogP contribution < -0.4 is 10.5 Å². The lowest BCUT2D eigenvalue weighted by Gasteiger charge is -2.16. The molecule has 0 spiro atoms. The van der Waals surface area contributed by atoms with Crippen LogP contribution in [0.25, 0.3) is 11.3 Å². The number of nitrogens with one attached hydrogen (secondary N) is 1. The molecule has 0 bridgehead atoms.